The Hall–Kier alpha value is -2.12. The van der Waals surface area contributed by atoms with Gasteiger partial charge in [0, 0.05) is 26.7 Å². The van der Waals surface area contributed by atoms with Crippen molar-refractivity contribution < 1.29 is 23.8 Å². The Labute approximate surface area is 173 Å². The van der Waals surface area contributed by atoms with Crippen molar-refractivity contribution in [1.29, 1.82) is 0 Å². The number of hydrogen-bond acceptors (Lipinski definition) is 6. The van der Waals surface area contributed by atoms with E-state index in [2.05, 4.69) is 4.90 Å². The average molecular weight is 407 g/mol. The van der Waals surface area contributed by atoms with Gasteiger partial charge in [0.1, 0.15) is 12.2 Å². The minimum Gasteiger partial charge on any atom is -0.464 e. The first-order valence-electron chi connectivity index (χ1n) is 10.2. The van der Waals surface area contributed by atoms with Crippen LogP contribution in [0.15, 0.2) is 30.3 Å². The molecule has 0 radical (unpaired) electrons. The van der Waals surface area contributed by atoms with Crippen molar-refractivity contribution in [3.63, 3.8) is 0 Å². The van der Waals surface area contributed by atoms with Gasteiger partial charge in [0.2, 0.25) is 0 Å². The molecule has 2 rings (SSSR count). The van der Waals surface area contributed by atoms with E-state index in [1.165, 1.54) is 0 Å². The molecule has 1 heterocycles. The molecule has 29 heavy (non-hydrogen) atoms. The number of hydrogen-bond donors (Lipinski definition) is 0. The molecule has 1 aliphatic heterocycles. The number of carbonyl (C=O) groups excluding carboxylic acids is 2. The monoisotopic (exact) mass is 406 g/mol. The van der Waals surface area contributed by atoms with Gasteiger partial charge in [0.25, 0.3) is 0 Å². The lowest BCUT2D eigenvalue weighted by atomic mass is 10.1. The number of nitrogens with zero attached hydrogens (tertiary/aromatic N) is 2. The molecule has 2 atom stereocenters. The number of ether oxygens (including phenoxy) is 3. The molecule has 0 aliphatic carbocycles. The van der Waals surface area contributed by atoms with Crippen molar-refractivity contribution in [3.8, 4) is 0 Å². The van der Waals surface area contributed by atoms with Gasteiger partial charge in [-0.1, -0.05) is 30.3 Å². The van der Waals surface area contributed by atoms with Crippen molar-refractivity contribution in [1.82, 2.24) is 9.80 Å². The van der Waals surface area contributed by atoms with Gasteiger partial charge in [-0.3, -0.25) is 4.90 Å². The predicted molar refractivity (Wildman–Crippen MR) is 111 cm³/mol. The zero-order valence-corrected chi connectivity index (χ0v) is 18.2. The van der Waals surface area contributed by atoms with Gasteiger partial charge in [-0.15, -0.1) is 0 Å². The van der Waals surface area contributed by atoms with Crippen LogP contribution in [0.3, 0.4) is 0 Å². The first-order valence-corrected chi connectivity index (χ1v) is 10.2. The van der Waals surface area contributed by atoms with Crippen molar-refractivity contribution in [3.05, 3.63) is 35.9 Å². The van der Waals surface area contributed by atoms with Crippen LogP contribution in [0, 0.1) is 0 Å². The molecule has 0 aromatic heterocycles. The van der Waals surface area contributed by atoms with E-state index in [0.717, 1.165) is 18.5 Å². The van der Waals surface area contributed by atoms with Crippen molar-refractivity contribution >= 4 is 12.1 Å². The zero-order valence-electron chi connectivity index (χ0n) is 18.2. The number of amides is 1. The Bertz CT molecular complexity index is 659. The summed E-state index contributed by atoms with van der Waals surface area (Å²) in [5.41, 5.74) is 0.503. The van der Waals surface area contributed by atoms with Crippen LogP contribution >= 0.6 is 0 Å². The summed E-state index contributed by atoms with van der Waals surface area (Å²) >= 11 is 0. The zero-order chi connectivity index (χ0) is 21.4. The molecule has 1 fully saturated rings. The molecule has 1 saturated heterocycles. The van der Waals surface area contributed by atoms with Gasteiger partial charge in [0.15, 0.2) is 0 Å². The highest BCUT2D eigenvalue weighted by molar-refractivity contribution is 5.70. The van der Waals surface area contributed by atoms with E-state index in [1.54, 1.807) is 18.9 Å². The maximum atomic E-state index is 12.7. The summed E-state index contributed by atoms with van der Waals surface area (Å²) in [5, 5.41) is 0. The van der Waals surface area contributed by atoms with Crippen LogP contribution in [0.1, 0.15) is 45.7 Å². The number of carbonyl (C=O) groups is 2. The lowest BCUT2D eigenvalue weighted by molar-refractivity contribution is -0.150. The summed E-state index contributed by atoms with van der Waals surface area (Å²) in [5.74, 6) is -0.335. The molecule has 0 spiro atoms. The third kappa shape index (κ3) is 7.66. The lowest BCUT2D eigenvalue weighted by Gasteiger charge is -2.33. The molecule has 0 bridgehead atoms. The lowest BCUT2D eigenvalue weighted by Crippen LogP contribution is -2.41. The largest absolute Gasteiger partial charge is 0.464 e. The van der Waals surface area contributed by atoms with Crippen LogP contribution in [-0.2, 0) is 19.0 Å². The van der Waals surface area contributed by atoms with Gasteiger partial charge in [-0.05, 0) is 39.7 Å². The van der Waals surface area contributed by atoms with Gasteiger partial charge in [0.05, 0.1) is 18.8 Å². The molecule has 7 heteroatoms. The van der Waals surface area contributed by atoms with Crippen LogP contribution in [-0.4, -0.2) is 73.5 Å². The third-order valence-corrected chi connectivity index (χ3v) is 4.74. The molecule has 1 aromatic rings. The van der Waals surface area contributed by atoms with Gasteiger partial charge >= 0.3 is 12.1 Å². The minimum atomic E-state index is -0.549. The fourth-order valence-electron chi connectivity index (χ4n) is 3.32. The molecule has 0 saturated carbocycles. The summed E-state index contributed by atoms with van der Waals surface area (Å²) < 4.78 is 16.2. The smallest absolute Gasteiger partial charge is 0.410 e. The van der Waals surface area contributed by atoms with Crippen LogP contribution in [0.4, 0.5) is 4.79 Å². The second-order valence-electron chi connectivity index (χ2n) is 8.30. The Kier molecular flexibility index (Phi) is 8.46. The fourth-order valence-corrected chi connectivity index (χ4v) is 3.32. The SMILES string of the molecule is CCOC(=O)COC1CCN(C[C@H](c2ccccc2)N(C)C(=O)OC(C)(C)C)C1. The Morgan fingerprint density at radius 1 is 1.24 bits per heavy atom. The van der Waals surface area contributed by atoms with Gasteiger partial charge in [-0.2, -0.15) is 0 Å². The Morgan fingerprint density at radius 3 is 2.55 bits per heavy atom. The van der Waals surface area contributed by atoms with E-state index in [0.29, 0.717) is 19.7 Å². The Morgan fingerprint density at radius 2 is 1.93 bits per heavy atom. The number of benzene rings is 1. The molecule has 1 aliphatic rings. The second-order valence-corrected chi connectivity index (χ2v) is 8.30. The molecule has 1 aromatic carbocycles. The number of likely N-dealkylation sites (N-methyl/N-ethyl adjacent to an activating group) is 1. The third-order valence-electron chi connectivity index (χ3n) is 4.74. The topological polar surface area (TPSA) is 68.3 Å². The molecule has 162 valence electrons. The van der Waals surface area contributed by atoms with Gasteiger partial charge in [-0.25, -0.2) is 9.59 Å². The van der Waals surface area contributed by atoms with E-state index in [9.17, 15) is 9.59 Å². The quantitative estimate of drug-likeness (QED) is 0.618. The maximum absolute atomic E-state index is 12.7. The van der Waals surface area contributed by atoms with Crippen molar-refractivity contribution in [2.75, 3.05) is 39.9 Å². The second kappa shape index (κ2) is 10.6. The molecular formula is C22H34N2O5. The first kappa shape index (κ1) is 23.2. The normalized spacial score (nSPS) is 18.3. The van der Waals surface area contributed by atoms with Crippen molar-refractivity contribution in [2.45, 2.75) is 51.9 Å². The summed E-state index contributed by atoms with van der Waals surface area (Å²) in [4.78, 5) is 28.1. The average Bonchev–Trinajstić information content (AvgIpc) is 3.11. The van der Waals surface area contributed by atoms with E-state index in [1.807, 2.05) is 51.1 Å². The van der Waals surface area contributed by atoms with E-state index >= 15 is 0 Å². The highest BCUT2D eigenvalue weighted by atomic mass is 16.6. The summed E-state index contributed by atoms with van der Waals surface area (Å²) in [7, 11) is 1.77. The van der Waals surface area contributed by atoms with E-state index in [4.69, 9.17) is 14.2 Å². The number of rotatable bonds is 8. The standard InChI is InChI=1S/C22H34N2O5/c1-6-27-20(25)16-28-18-12-13-24(14-18)15-19(17-10-8-7-9-11-17)23(5)21(26)29-22(2,3)4/h7-11,18-19H,6,12-16H2,1-5H3/t18?,19-/m1/s1. The number of likely N-dealkylation sites (tertiary alicyclic amines) is 1. The fraction of sp³-hybridized carbons (Fsp3) is 0.636. The minimum absolute atomic E-state index is 0.0114. The van der Waals surface area contributed by atoms with Crippen molar-refractivity contribution in [2.24, 2.45) is 0 Å². The summed E-state index contributed by atoms with van der Waals surface area (Å²) in [6.45, 7) is 9.93. The van der Waals surface area contributed by atoms with Gasteiger partial charge < -0.3 is 19.1 Å². The van der Waals surface area contributed by atoms with Crippen LogP contribution in [0.25, 0.3) is 0 Å². The summed E-state index contributed by atoms with van der Waals surface area (Å²) in [6.07, 6.45) is 0.486. The first-order chi connectivity index (χ1) is 13.7. The molecule has 1 unspecified atom stereocenters. The van der Waals surface area contributed by atoms with Crippen LogP contribution < -0.4 is 0 Å². The summed E-state index contributed by atoms with van der Waals surface area (Å²) in [6, 6.07) is 9.81. The van der Waals surface area contributed by atoms with Crippen LogP contribution in [0.5, 0.6) is 0 Å². The molecule has 0 N–H and O–H groups in total. The predicted octanol–water partition coefficient (Wildman–Crippen LogP) is 3.25. The maximum Gasteiger partial charge on any atom is 0.410 e. The van der Waals surface area contributed by atoms with E-state index in [-0.39, 0.29) is 30.8 Å². The molecular weight excluding hydrogens is 372 g/mol. The molecule has 1 amide bonds. The Balaban J connectivity index is 2.00. The van der Waals surface area contributed by atoms with E-state index < -0.39 is 5.60 Å². The highest BCUT2D eigenvalue weighted by Crippen LogP contribution is 2.25. The highest BCUT2D eigenvalue weighted by Gasteiger charge is 2.31. The number of esters is 1. The van der Waals surface area contributed by atoms with Crippen LogP contribution in [0.2, 0.25) is 0 Å². The molecule has 7 nitrogen and oxygen atoms in total.